The van der Waals surface area contributed by atoms with Gasteiger partial charge in [-0.2, -0.15) is 16.4 Å². The average Bonchev–Trinajstić information content (AvgIpc) is 3.54. The Hall–Kier alpha value is -2.92. The predicted octanol–water partition coefficient (Wildman–Crippen LogP) is 6.26. The highest BCUT2D eigenvalue weighted by atomic mass is 32.1. The number of amides is 1. The topological polar surface area (TPSA) is 57.8 Å². The third-order valence-electron chi connectivity index (χ3n) is 6.21. The van der Waals surface area contributed by atoms with Crippen LogP contribution < -0.4 is 5.32 Å². The molecule has 1 saturated carbocycles. The first-order valence-corrected chi connectivity index (χ1v) is 11.5. The van der Waals surface area contributed by atoms with Crippen molar-refractivity contribution >= 4 is 28.1 Å². The number of hydrogen-bond acceptors (Lipinski definition) is 3. The zero-order valence-corrected chi connectivity index (χ0v) is 17.8. The first-order valence-electron chi connectivity index (χ1n) is 10.6. The minimum atomic E-state index is -0.0175. The summed E-state index contributed by atoms with van der Waals surface area (Å²) in [4.78, 5) is 13.2. The Bertz CT molecular complexity index is 1160. The zero-order valence-electron chi connectivity index (χ0n) is 17.0. The molecule has 0 spiro atoms. The van der Waals surface area contributed by atoms with Crippen LogP contribution in [0.1, 0.15) is 53.2 Å². The molecule has 4 aromatic rings. The third kappa shape index (κ3) is 3.65. The number of aryl methyl sites for hydroxylation is 1. The summed E-state index contributed by atoms with van der Waals surface area (Å²) in [5, 5.41) is 16.2. The van der Waals surface area contributed by atoms with Gasteiger partial charge in [0.25, 0.3) is 5.91 Å². The van der Waals surface area contributed by atoms with E-state index in [1.165, 1.54) is 36.8 Å². The predicted molar refractivity (Wildman–Crippen MR) is 123 cm³/mol. The van der Waals surface area contributed by atoms with Crippen molar-refractivity contribution < 1.29 is 4.79 Å². The van der Waals surface area contributed by atoms with E-state index in [9.17, 15) is 4.79 Å². The fourth-order valence-electron chi connectivity index (χ4n) is 4.53. The molecule has 1 unspecified atom stereocenters. The molecule has 1 amide bonds. The summed E-state index contributed by atoms with van der Waals surface area (Å²) >= 11 is 1.69. The van der Waals surface area contributed by atoms with Crippen LogP contribution in [0.5, 0.6) is 0 Å². The highest BCUT2D eigenvalue weighted by Crippen LogP contribution is 2.37. The number of aromatic amines is 1. The van der Waals surface area contributed by atoms with Crippen molar-refractivity contribution in [3.63, 3.8) is 0 Å². The van der Waals surface area contributed by atoms with E-state index in [2.05, 4.69) is 63.5 Å². The van der Waals surface area contributed by atoms with E-state index in [4.69, 9.17) is 0 Å². The zero-order chi connectivity index (χ0) is 20.5. The van der Waals surface area contributed by atoms with E-state index < -0.39 is 0 Å². The molecule has 4 nitrogen and oxygen atoms in total. The number of H-pyrrole nitrogens is 1. The van der Waals surface area contributed by atoms with Crippen LogP contribution in [0.15, 0.2) is 59.3 Å². The molecule has 1 aliphatic carbocycles. The summed E-state index contributed by atoms with van der Waals surface area (Å²) in [6.45, 7) is 2.07. The molecule has 0 radical (unpaired) electrons. The molecule has 1 atom stereocenters. The number of thiophene rings is 1. The van der Waals surface area contributed by atoms with Crippen molar-refractivity contribution in [3.05, 3.63) is 76.0 Å². The van der Waals surface area contributed by atoms with Gasteiger partial charge in [-0.15, -0.1) is 0 Å². The Morgan fingerprint density at radius 3 is 2.67 bits per heavy atom. The van der Waals surface area contributed by atoms with Crippen LogP contribution >= 0.6 is 11.3 Å². The second-order valence-corrected chi connectivity index (χ2v) is 9.03. The molecule has 5 heteroatoms. The van der Waals surface area contributed by atoms with E-state index in [0.717, 1.165) is 22.2 Å². The molecule has 0 saturated heterocycles. The molecule has 1 aliphatic rings. The second-order valence-electron chi connectivity index (χ2n) is 8.25. The first kappa shape index (κ1) is 19.1. The smallest absolute Gasteiger partial charge is 0.251 e. The number of nitrogens with one attached hydrogen (secondary N) is 2. The Kier molecular flexibility index (Phi) is 5.13. The molecule has 0 bridgehead atoms. The minimum Gasteiger partial charge on any atom is -0.345 e. The average molecular weight is 416 g/mol. The Morgan fingerprint density at radius 2 is 1.93 bits per heavy atom. The molecule has 2 N–H and O–H groups in total. The van der Waals surface area contributed by atoms with Crippen LogP contribution in [-0.4, -0.2) is 16.1 Å². The fourth-order valence-corrected chi connectivity index (χ4v) is 5.22. The number of rotatable bonds is 5. The SMILES string of the molecule is Cc1ccc(-c2n[nH]c3ccc(C(=O)NC(c4ccsc4)C4CCCC4)cc23)cc1. The lowest BCUT2D eigenvalue weighted by atomic mass is 9.93. The molecule has 30 heavy (non-hydrogen) atoms. The van der Waals surface area contributed by atoms with Crippen LogP contribution in [0.2, 0.25) is 0 Å². The van der Waals surface area contributed by atoms with Gasteiger partial charge < -0.3 is 5.32 Å². The quantitative estimate of drug-likeness (QED) is 0.404. The summed E-state index contributed by atoms with van der Waals surface area (Å²) in [6, 6.07) is 16.3. The summed E-state index contributed by atoms with van der Waals surface area (Å²) in [7, 11) is 0. The maximum atomic E-state index is 13.2. The van der Waals surface area contributed by atoms with Gasteiger partial charge in [-0.1, -0.05) is 42.7 Å². The first-order chi connectivity index (χ1) is 14.7. The van der Waals surface area contributed by atoms with Gasteiger partial charge in [0.1, 0.15) is 0 Å². The maximum Gasteiger partial charge on any atom is 0.251 e. The number of aromatic nitrogens is 2. The third-order valence-corrected chi connectivity index (χ3v) is 6.91. The summed E-state index contributed by atoms with van der Waals surface area (Å²) in [6.07, 6.45) is 4.86. The van der Waals surface area contributed by atoms with Crippen molar-refractivity contribution in [2.45, 2.75) is 38.6 Å². The Labute approximate surface area is 180 Å². The van der Waals surface area contributed by atoms with Gasteiger partial charge in [0.15, 0.2) is 0 Å². The monoisotopic (exact) mass is 415 g/mol. The molecule has 2 aromatic heterocycles. The van der Waals surface area contributed by atoms with Crippen LogP contribution in [0.3, 0.4) is 0 Å². The van der Waals surface area contributed by atoms with Gasteiger partial charge in [0.2, 0.25) is 0 Å². The molecule has 1 fully saturated rings. The summed E-state index contributed by atoms with van der Waals surface area (Å²) < 4.78 is 0. The molecule has 2 aromatic carbocycles. The number of nitrogens with zero attached hydrogens (tertiary/aromatic N) is 1. The Balaban J connectivity index is 1.45. The molecular weight excluding hydrogens is 390 g/mol. The second kappa shape index (κ2) is 8.07. The van der Waals surface area contributed by atoms with Gasteiger partial charge in [0.05, 0.1) is 17.3 Å². The fraction of sp³-hybridized carbons (Fsp3) is 0.280. The van der Waals surface area contributed by atoms with Crippen molar-refractivity contribution in [2.75, 3.05) is 0 Å². The number of fused-ring (bicyclic) bond motifs is 1. The van der Waals surface area contributed by atoms with E-state index >= 15 is 0 Å². The lowest BCUT2D eigenvalue weighted by Gasteiger charge is -2.24. The number of hydrogen-bond donors (Lipinski definition) is 2. The van der Waals surface area contributed by atoms with E-state index in [-0.39, 0.29) is 11.9 Å². The normalized spacial score (nSPS) is 15.5. The van der Waals surface area contributed by atoms with Gasteiger partial charge in [0, 0.05) is 16.5 Å². The molecule has 5 rings (SSSR count). The lowest BCUT2D eigenvalue weighted by molar-refractivity contribution is 0.0922. The molecule has 2 heterocycles. The Morgan fingerprint density at radius 1 is 1.13 bits per heavy atom. The summed E-state index contributed by atoms with van der Waals surface area (Å²) in [5.74, 6) is 0.500. The standard InChI is InChI=1S/C25H25N3OS/c1-16-6-8-18(9-7-16)24-21-14-19(10-11-22(21)27-28-24)25(29)26-23(17-4-2-3-5-17)20-12-13-30-15-20/h6-15,17,23H,2-5H2,1H3,(H,26,29)(H,27,28). The van der Waals surface area contributed by atoms with Crippen molar-refractivity contribution in [3.8, 4) is 11.3 Å². The van der Waals surface area contributed by atoms with Crippen LogP contribution in [-0.2, 0) is 0 Å². The van der Waals surface area contributed by atoms with E-state index in [1.54, 1.807) is 11.3 Å². The number of benzene rings is 2. The maximum absolute atomic E-state index is 13.2. The number of carbonyl (C=O) groups excluding carboxylic acids is 1. The van der Waals surface area contributed by atoms with Gasteiger partial charge in [-0.05, 0) is 66.3 Å². The highest BCUT2D eigenvalue weighted by molar-refractivity contribution is 7.08. The van der Waals surface area contributed by atoms with Crippen LogP contribution in [0.4, 0.5) is 0 Å². The van der Waals surface area contributed by atoms with Gasteiger partial charge in [-0.3, -0.25) is 9.89 Å². The van der Waals surface area contributed by atoms with Crippen molar-refractivity contribution in [1.29, 1.82) is 0 Å². The molecular formula is C25H25N3OS. The number of carbonyl (C=O) groups is 1. The van der Waals surface area contributed by atoms with Crippen molar-refractivity contribution in [2.24, 2.45) is 5.92 Å². The van der Waals surface area contributed by atoms with Crippen LogP contribution in [0, 0.1) is 12.8 Å². The largest absolute Gasteiger partial charge is 0.345 e. The van der Waals surface area contributed by atoms with Crippen molar-refractivity contribution in [1.82, 2.24) is 15.5 Å². The summed E-state index contributed by atoms with van der Waals surface area (Å²) in [5.41, 5.74) is 5.98. The van der Waals surface area contributed by atoms with Gasteiger partial charge in [-0.25, -0.2) is 0 Å². The molecule has 0 aliphatic heterocycles. The minimum absolute atomic E-state index is 0.0175. The highest BCUT2D eigenvalue weighted by Gasteiger charge is 2.28. The lowest BCUT2D eigenvalue weighted by Crippen LogP contribution is -2.32. The van der Waals surface area contributed by atoms with E-state index in [1.807, 2.05) is 18.2 Å². The van der Waals surface area contributed by atoms with E-state index in [0.29, 0.717) is 11.5 Å². The van der Waals surface area contributed by atoms with Gasteiger partial charge >= 0.3 is 0 Å². The molecule has 152 valence electrons. The van der Waals surface area contributed by atoms with Crippen LogP contribution in [0.25, 0.3) is 22.2 Å².